The Bertz CT molecular complexity index is 1060. The Balaban J connectivity index is 1.56. The van der Waals surface area contributed by atoms with E-state index in [1.807, 2.05) is 0 Å². The quantitative estimate of drug-likeness (QED) is 0.393. The summed E-state index contributed by atoms with van der Waals surface area (Å²) in [4.78, 5) is 24.1. The van der Waals surface area contributed by atoms with Gasteiger partial charge in [-0.05, 0) is 42.0 Å². The first kappa shape index (κ1) is 22.9. The number of carbonyl (C=O) groups is 1. The number of alkyl halides is 3. The molecule has 1 aromatic heterocycles. The molecule has 0 spiro atoms. The molecule has 0 saturated heterocycles. The molecule has 12 heteroatoms. The molecule has 0 aliphatic carbocycles. The van der Waals surface area contributed by atoms with Crippen molar-refractivity contribution in [1.82, 2.24) is 15.0 Å². The van der Waals surface area contributed by atoms with Gasteiger partial charge in [0.05, 0.1) is 12.2 Å². The molecule has 0 radical (unpaired) electrons. The minimum absolute atomic E-state index is 0.0765. The molecule has 0 atom stereocenters. The van der Waals surface area contributed by atoms with Crippen LogP contribution >= 0.6 is 0 Å². The summed E-state index contributed by atoms with van der Waals surface area (Å²) in [5, 5.41) is 2.83. The van der Waals surface area contributed by atoms with Gasteiger partial charge in [-0.15, -0.1) is 0 Å². The van der Waals surface area contributed by atoms with E-state index in [4.69, 9.17) is 10.5 Å². The average Bonchev–Trinajstić information content (AvgIpc) is 2.73. The van der Waals surface area contributed by atoms with E-state index in [9.17, 15) is 22.4 Å². The van der Waals surface area contributed by atoms with Crippen LogP contribution in [0.2, 0.25) is 0 Å². The lowest BCUT2D eigenvalue weighted by molar-refractivity contribution is -0.176. The number of carbonyl (C=O) groups excluding carboxylic acids is 1. The van der Waals surface area contributed by atoms with Crippen LogP contribution in [-0.2, 0) is 22.7 Å². The third kappa shape index (κ3) is 7.16. The summed E-state index contributed by atoms with van der Waals surface area (Å²) in [7, 11) is 0. The number of nitrogen functional groups attached to an aromatic ring is 1. The molecule has 3 N–H and O–H groups in total. The number of halogens is 4. The van der Waals surface area contributed by atoms with Crippen molar-refractivity contribution in [2.75, 3.05) is 17.7 Å². The first-order chi connectivity index (χ1) is 15.2. The number of nitrogens with two attached hydrogens (primary N) is 1. The molecule has 3 rings (SSSR count). The van der Waals surface area contributed by atoms with E-state index in [1.165, 1.54) is 48.5 Å². The van der Waals surface area contributed by atoms with Crippen LogP contribution in [-0.4, -0.2) is 33.7 Å². The Kier molecular flexibility index (Phi) is 7.15. The second-order valence-corrected chi connectivity index (χ2v) is 6.45. The highest BCUT2D eigenvalue weighted by molar-refractivity contribution is 5.89. The molecule has 3 aromatic rings. The highest BCUT2D eigenvalue weighted by Gasteiger charge is 2.27. The van der Waals surface area contributed by atoms with Crippen LogP contribution in [0.25, 0.3) is 0 Å². The molecule has 32 heavy (non-hydrogen) atoms. The maximum Gasteiger partial charge on any atom is 0.411 e. The SMILES string of the molecule is Nc1nc(COC(=O)c2ccc(COCC(F)(F)F)cc2)nc(Nc2ccc(F)cc2)n1. The van der Waals surface area contributed by atoms with Crippen molar-refractivity contribution in [3.05, 3.63) is 71.3 Å². The number of benzene rings is 2. The van der Waals surface area contributed by atoms with Gasteiger partial charge in [0, 0.05) is 5.69 Å². The normalized spacial score (nSPS) is 11.2. The predicted octanol–water partition coefficient (Wildman–Crippen LogP) is 3.77. The van der Waals surface area contributed by atoms with E-state index in [1.54, 1.807) is 0 Å². The smallest absolute Gasteiger partial charge is 0.411 e. The van der Waals surface area contributed by atoms with Crippen molar-refractivity contribution >= 4 is 23.6 Å². The van der Waals surface area contributed by atoms with Gasteiger partial charge in [-0.2, -0.15) is 28.1 Å². The fourth-order valence-electron chi connectivity index (χ4n) is 2.46. The predicted molar refractivity (Wildman–Crippen MR) is 105 cm³/mol. The lowest BCUT2D eigenvalue weighted by Gasteiger charge is -2.09. The van der Waals surface area contributed by atoms with Crippen LogP contribution in [0.4, 0.5) is 35.1 Å². The number of nitrogens with one attached hydrogen (secondary N) is 1. The first-order valence-electron chi connectivity index (χ1n) is 9.11. The summed E-state index contributed by atoms with van der Waals surface area (Å²) in [5.41, 5.74) is 6.81. The highest BCUT2D eigenvalue weighted by atomic mass is 19.4. The minimum Gasteiger partial charge on any atom is -0.454 e. The van der Waals surface area contributed by atoms with Crippen molar-refractivity contribution in [3.63, 3.8) is 0 Å². The molecule has 0 unspecified atom stereocenters. The Morgan fingerprint density at radius 3 is 2.31 bits per heavy atom. The second-order valence-electron chi connectivity index (χ2n) is 6.45. The zero-order valence-corrected chi connectivity index (χ0v) is 16.4. The molecule has 168 valence electrons. The molecular formula is C20H17F4N5O3. The molecule has 8 nitrogen and oxygen atoms in total. The van der Waals surface area contributed by atoms with E-state index in [0.717, 1.165) is 0 Å². The number of rotatable bonds is 8. The Hall–Kier alpha value is -3.80. The van der Waals surface area contributed by atoms with Crippen LogP contribution in [0.1, 0.15) is 21.7 Å². The van der Waals surface area contributed by atoms with E-state index < -0.39 is 24.6 Å². The van der Waals surface area contributed by atoms with Gasteiger partial charge in [-0.3, -0.25) is 0 Å². The average molecular weight is 451 g/mol. The van der Waals surface area contributed by atoms with E-state index >= 15 is 0 Å². The minimum atomic E-state index is -4.41. The van der Waals surface area contributed by atoms with Gasteiger partial charge in [0.1, 0.15) is 12.4 Å². The van der Waals surface area contributed by atoms with Crippen molar-refractivity contribution in [3.8, 4) is 0 Å². The summed E-state index contributed by atoms with van der Waals surface area (Å²) in [6.07, 6.45) is -4.41. The summed E-state index contributed by atoms with van der Waals surface area (Å²) in [5.74, 6) is -1.05. The van der Waals surface area contributed by atoms with Crippen LogP contribution in [0.3, 0.4) is 0 Å². The maximum atomic E-state index is 13.0. The summed E-state index contributed by atoms with van der Waals surface area (Å²) < 4.78 is 59.0. The monoisotopic (exact) mass is 451 g/mol. The number of esters is 1. The highest BCUT2D eigenvalue weighted by Crippen LogP contribution is 2.17. The van der Waals surface area contributed by atoms with E-state index in [-0.39, 0.29) is 36.5 Å². The number of aromatic nitrogens is 3. The van der Waals surface area contributed by atoms with E-state index in [0.29, 0.717) is 11.3 Å². The Labute approximate surface area is 179 Å². The zero-order valence-electron chi connectivity index (χ0n) is 16.4. The second kappa shape index (κ2) is 10.0. The molecule has 0 aliphatic rings. The largest absolute Gasteiger partial charge is 0.454 e. The Morgan fingerprint density at radius 2 is 1.66 bits per heavy atom. The number of nitrogens with zero attached hydrogens (tertiary/aromatic N) is 3. The molecule has 1 heterocycles. The van der Waals surface area contributed by atoms with Gasteiger partial charge in [-0.1, -0.05) is 12.1 Å². The van der Waals surface area contributed by atoms with Crippen LogP contribution in [0.15, 0.2) is 48.5 Å². The standard InChI is InChI=1S/C20H17F4N5O3/c21-14-5-7-15(8-6-14)26-19-28-16(27-18(25)29-19)10-32-17(30)13-3-1-12(2-4-13)9-31-11-20(22,23)24/h1-8H,9-11H2,(H3,25,26,27,28,29). The van der Waals surface area contributed by atoms with Gasteiger partial charge in [0.25, 0.3) is 0 Å². The van der Waals surface area contributed by atoms with Gasteiger partial charge in [-0.25, -0.2) is 9.18 Å². The third-order valence-electron chi connectivity index (χ3n) is 3.86. The molecular weight excluding hydrogens is 434 g/mol. The fourth-order valence-corrected chi connectivity index (χ4v) is 2.46. The van der Waals surface area contributed by atoms with Gasteiger partial charge < -0.3 is 20.5 Å². The molecule has 0 bridgehead atoms. The lowest BCUT2D eigenvalue weighted by Crippen LogP contribution is -2.16. The number of anilines is 3. The first-order valence-corrected chi connectivity index (χ1v) is 9.11. The fraction of sp³-hybridized carbons (Fsp3) is 0.200. The lowest BCUT2D eigenvalue weighted by atomic mass is 10.1. The summed E-state index contributed by atoms with van der Waals surface area (Å²) >= 11 is 0. The summed E-state index contributed by atoms with van der Waals surface area (Å²) in [6.45, 7) is -1.91. The van der Waals surface area contributed by atoms with Crippen molar-refractivity contribution in [2.24, 2.45) is 0 Å². The molecule has 0 amide bonds. The number of ether oxygens (including phenoxy) is 2. The zero-order chi connectivity index (χ0) is 23.1. The number of hydrogen-bond acceptors (Lipinski definition) is 8. The van der Waals surface area contributed by atoms with E-state index in [2.05, 4.69) is 25.0 Å². The molecule has 2 aromatic carbocycles. The van der Waals surface area contributed by atoms with Gasteiger partial charge in [0.2, 0.25) is 11.9 Å². The molecule has 0 fully saturated rings. The van der Waals surface area contributed by atoms with Crippen LogP contribution in [0, 0.1) is 5.82 Å². The molecule has 0 aliphatic heterocycles. The maximum absolute atomic E-state index is 13.0. The Morgan fingerprint density at radius 1 is 0.969 bits per heavy atom. The van der Waals surface area contributed by atoms with Crippen molar-refractivity contribution in [2.45, 2.75) is 19.4 Å². The van der Waals surface area contributed by atoms with Crippen LogP contribution in [0.5, 0.6) is 0 Å². The van der Waals surface area contributed by atoms with Gasteiger partial charge in [0.15, 0.2) is 12.4 Å². The topological polar surface area (TPSA) is 112 Å². The number of hydrogen-bond donors (Lipinski definition) is 2. The van der Waals surface area contributed by atoms with Crippen LogP contribution < -0.4 is 11.1 Å². The molecule has 0 saturated carbocycles. The van der Waals surface area contributed by atoms with Crippen molar-refractivity contribution in [1.29, 1.82) is 0 Å². The van der Waals surface area contributed by atoms with Gasteiger partial charge >= 0.3 is 12.1 Å². The van der Waals surface area contributed by atoms with Crippen molar-refractivity contribution < 1.29 is 31.8 Å². The summed E-state index contributed by atoms with van der Waals surface area (Å²) in [6, 6.07) is 11.2. The third-order valence-corrected chi connectivity index (χ3v) is 3.86.